The summed E-state index contributed by atoms with van der Waals surface area (Å²) in [4.78, 5) is 0. The van der Waals surface area contributed by atoms with Crippen LogP contribution in [0.4, 0.5) is 0 Å². The van der Waals surface area contributed by atoms with Gasteiger partial charge in [0.2, 0.25) is 0 Å². The van der Waals surface area contributed by atoms with Crippen molar-refractivity contribution in [3.05, 3.63) is 70.2 Å². The van der Waals surface area contributed by atoms with Gasteiger partial charge in [0.1, 0.15) is 0 Å². The average Bonchev–Trinajstić information content (AvgIpc) is 2.45. The third kappa shape index (κ3) is 4.07. The van der Waals surface area contributed by atoms with Crippen LogP contribution in [-0.4, -0.2) is 13.6 Å². The lowest BCUT2D eigenvalue weighted by Gasteiger charge is -2.19. The molecule has 2 aromatic carbocycles. The van der Waals surface area contributed by atoms with Gasteiger partial charge < -0.3 is 10.1 Å². The van der Waals surface area contributed by atoms with Gasteiger partial charge in [-0.1, -0.05) is 59.6 Å². The van der Waals surface area contributed by atoms with E-state index in [1.165, 1.54) is 11.1 Å². The summed E-state index contributed by atoms with van der Waals surface area (Å²) < 4.78 is 6.04. The predicted octanol–water partition coefficient (Wildman–Crippen LogP) is 4.13. The summed E-state index contributed by atoms with van der Waals surface area (Å²) >= 11 is 6.16. The van der Waals surface area contributed by atoms with Crippen molar-refractivity contribution < 1.29 is 4.74 Å². The highest BCUT2D eigenvalue weighted by atomic mass is 35.5. The van der Waals surface area contributed by atoms with Crippen molar-refractivity contribution in [1.82, 2.24) is 5.32 Å². The maximum atomic E-state index is 6.16. The molecule has 0 aliphatic carbocycles. The molecule has 0 aliphatic heterocycles. The van der Waals surface area contributed by atoms with Crippen molar-refractivity contribution in [3.8, 4) is 0 Å². The fourth-order valence-electron chi connectivity index (χ4n) is 2.13. The van der Waals surface area contributed by atoms with Crippen LogP contribution in [0.2, 0.25) is 5.02 Å². The number of ether oxygens (including phenoxy) is 1. The summed E-state index contributed by atoms with van der Waals surface area (Å²) in [6.07, 6.45) is 0.0242. The first-order valence-corrected chi connectivity index (χ1v) is 7.14. The molecule has 1 unspecified atom stereocenters. The normalized spacial score (nSPS) is 12.3. The molecule has 0 bridgehead atoms. The molecule has 1 N–H and O–H groups in total. The molecule has 0 heterocycles. The second kappa shape index (κ2) is 7.44. The van der Waals surface area contributed by atoms with Gasteiger partial charge in [0.15, 0.2) is 0 Å². The molecule has 0 fully saturated rings. The van der Waals surface area contributed by atoms with Gasteiger partial charge in [-0.05, 0) is 31.2 Å². The number of nitrogens with one attached hydrogen (secondary N) is 1. The quantitative estimate of drug-likeness (QED) is 0.863. The van der Waals surface area contributed by atoms with E-state index in [9.17, 15) is 0 Å². The van der Waals surface area contributed by atoms with E-state index in [1.54, 1.807) is 0 Å². The van der Waals surface area contributed by atoms with Crippen LogP contribution in [0.15, 0.2) is 48.5 Å². The highest BCUT2D eigenvalue weighted by Crippen LogP contribution is 2.22. The van der Waals surface area contributed by atoms with E-state index in [4.69, 9.17) is 16.3 Å². The average molecular weight is 290 g/mol. The second-order valence-electron chi connectivity index (χ2n) is 4.86. The molecule has 106 valence electrons. The van der Waals surface area contributed by atoms with Gasteiger partial charge in [-0.15, -0.1) is 0 Å². The number of hydrogen-bond donors (Lipinski definition) is 1. The summed E-state index contributed by atoms with van der Waals surface area (Å²) in [5.74, 6) is 0. The largest absolute Gasteiger partial charge is 0.367 e. The van der Waals surface area contributed by atoms with Crippen LogP contribution in [0.5, 0.6) is 0 Å². The van der Waals surface area contributed by atoms with Gasteiger partial charge in [-0.25, -0.2) is 0 Å². The monoisotopic (exact) mass is 289 g/mol. The number of rotatable bonds is 6. The molecule has 2 nitrogen and oxygen atoms in total. The summed E-state index contributed by atoms with van der Waals surface area (Å²) in [5.41, 5.74) is 3.44. The molecule has 0 radical (unpaired) electrons. The Bertz CT molecular complexity index is 556. The van der Waals surface area contributed by atoms with Crippen molar-refractivity contribution in [2.24, 2.45) is 0 Å². The molecule has 20 heavy (non-hydrogen) atoms. The van der Waals surface area contributed by atoms with Crippen LogP contribution in [0.25, 0.3) is 0 Å². The Hall–Kier alpha value is -1.35. The van der Waals surface area contributed by atoms with Gasteiger partial charge in [-0.3, -0.25) is 0 Å². The fourth-order valence-corrected chi connectivity index (χ4v) is 2.32. The Kier molecular flexibility index (Phi) is 5.60. The Morgan fingerprint density at radius 2 is 1.95 bits per heavy atom. The van der Waals surface area contributed by atoms with Gasteiger partial charge >= 0.3 is 0 Å². The van der Waals surface area contributed by atoms with Crippen LogP contribution in [0.3, 0.4) is 0 Å². The van der Waals surface area contributed by atoms with E-state index in [-0.39, 0.29) is 6.10 Å². The molecule has 2 aromatic rings. The lowest BCUT2D eigenvalue weighted by atomic mass is 10.1. The maximum Gasteiger partial charge on any atom is 0.0953 e. The van der Waals surface area contributed by atoms with Crippen molar-refractivity contribution >= 4 is 11.6 Å². The first-order chi connectivity index (χ1) is 9.70. The molecule has 2 rings (SSSR count). The molecule has 0 saturated heterocycles. The van der Waals surface area contributed by atoms with E-state index in [2.05, 4.69) is 36.5 Å². The smallest absolute Gasteiger partial charge is 0.0953 e. The van der Waals surface area contributed by atoms with E-state index in [0.29, 0.717) is 6.61 Å². The van der Waals surface area contributed by atoms with Crippen LogP contribution >= 0.6 is 11.6 Å². The Labute approximate surface area is 125 Å². The topological polar surface area (TPSA) is 21.3 Å². The molecule has 0 amide bonds. The summed E-state index contributed by atoms with van der Waals surface area (Å²) in [6, 6.07) is 16.2. The SMILES string of the molecule is CNCC(OCc1ccccc1Cl)c1cccc(C)c1. The van der Waals surface area contributed by atoms with Gasteiger partial charge in [-0.2, -0.15) is 0 Å². The first-order valence-electron chi connectivity index (χ1n) is 6.77. The zero-order valence-electron chi connectivity index (χ0n) is 11.9. The van der Waals surface area contributed by atoms with Gasteiger partial charge in [0.25, 0.3) is 0 Å². The van der Waals surface area contributed by atoms with Crippen molar-refractivity contribution in [2.45, 2.75) is 19.6 Å². The van der Waals surface area contributed by atoms with E-state index in [0.717, 1.165) is 17.1 Å². The predicted molar refractivity (Wildman–Crippen MR) is 84.1 cm³/mol. The number of hydrogen-bond acceptors (Lipinski definition) is 2. The van der Waals surface area contributed by atoms with Crippen LogP contribution in [0.1, 0.15) is 22.8 Å². The van der Waals surface area contributed by atoms with Crippen molar-refractivity contribution in [3.63, 3.8) is 0 Å². The van der Waals surface area contributed by atoms with Crippen molar-refractivity contribution in [1.29, 1.82) is 0 Å². The summed E-state index contributed by atoms with van der Waals surface area (Å²) in [6.45, 7) is 3.38. The zero-order valence-corrected chi connectivity index (χ0v) is 12.7. The molecule has 1 atom stereocenters. The zero-order chi connectivity index (χ0) is 14.4. The maximum absolute atomic E-state index is 6.16. The molecular weight excluding hydrogens is 270 g/mol. The number of likely N-dealkylation sites (N-methyl/N-ethyl adjacent to an activating group) is 1. The number of halogens is 1. The van der Waals surface area contributed by atoms with E-state index < -0.39 is 0 Å². The van der Waals surface area contributed by atoms with Crippen LogP contribution in [0, 0.1) is 6.92 Å². The molecular formula is C17H20ClNO. The highest BCUT2D eigenvalue weighted by molar-refractivity contribution is 6.31. The second-order valence-corrected chi connectivity index (χ2v) is 5.27. The molecule has 0 saturated carbocycles. The van der Waals surface area contributed by atoms with Gasteiger partial charge in [0, 0.05) is 11.6 Å². The lowest BCUT2D eigenvalue weighted by molar-refractivity contribution is 0.0411. The number of benzene rings is 2. The standard InChI is InChI=1S/C17H20ClNO/c1-13-6-5-8-14(10-13)17(11-19-2)20-12-15-7-3-4-9-16(15)18/h3-10,17,19H,11-12H2,1-2H3. The Balaban J connectivity index is 2.08. The fraction of sp³-hybridized carbons (Fsp3) is 0.294. The lowest BCUT2D eigenvalue weighted by Crippen LogP contribution is -2.19. The summed E-state index contributed by atoms with van der Waals surface area (Å²) in [7, 11) is 1.93. The molecule has 0 aromatic heterocycles. The number of aryl methyl sites for hydroxylation is 1. The van der Waals surface area contributed by atoms with Gasteiger partial charge in [0.05, 0.1) is 12.7 Å². The Morgan fingerprint density at radius 3 is 2.65 bits per heavy atom. The minimum absolute atomic E-state index is 0.0242. The minimum atomic E-state index is 0.0242. The Morgan fingerprint density at radius 1 is 1.15 bits per heavy atom. The first kappa shape index (κ1) is 15.0. The molecule has 3 heteroatoms. The molecule has 0 spiro atoms. The third-order valence-corrected chi connectivity index (χ3v) is 3.57. The third-order valence-electron chi connectivity index (χ3n) is 3.20. The van der Waals surface area contributed by atoms with Crippen LogP contribution in [-0.2, 0) is 11.3 Å². The van der Waals surface area contributed by atoms with E-state index in [1.807, 2.05) is 31.3 Å². The van der Waals surface area contributed by atoms with Crippen LogP contribution < -0.4 is 5.32 Å². The highest BCUT2D eigenvalue weighted by Gasteiger charge is 2.12. The van der Waals surface area contributed by atoms with Crippen molar-refractivity contribution in [2.75, 3.05) is 13.6 Å². The summed E-state index contributed by atoms with van der Waals surface area (Å²) in [5, 5.41) is 3.93. The molecule has 0 aliphatic rings. The minimum Gasteiger partial charge on any atom is -0.367 e. The van der Waals surface area contributed by atoms with E-state index >= 15 is 0 Å².